The maximum Gasteiger partial charge on any atom is 0.416 e. The van der Waals surface area contributed by atoms with E-state index in [0.717, 1.165) is 53.0 Å². The average Bonchev–Trinajstić information content (AvgIpc) is 3.46. The van der Waals surface area contributed by atoms with Crippen molar-refractivity contribution in [2.24, 2.45) is 0 Å². The molecule has 1 atom stereocenters. The second-order valence-corrected chi connectivity index (χ2v) is 10.2. The van der Waals surface area contributed by atoms with Crippen LogP contribution in [0.2, 0.25) is 0 Å². The minimum Gasteiger partial charge on any atom is -0.305 e. The summed E-state index contributed by atoms with van der Waals surface area (Å²) < 4.78 is 41.5. The second-order valence-electron chi connectivity index (χ2n) is 9.19. The van der Waals surface area contributed by atoms with Crippen LogP contribution in [0.5, 0.6) is 0 Å². The molecule has 0 saturated carbocycles. The Balaban J connectivity index is 1.54. The van der Waals surface area contributed by atoms with E-state index in [4.69, 9.17) is 0 Å². The number of nitrogens with zero attached hydrogens (tertiary/aromatic N) is 2. The predicted octanol–water partition coefficient (Wildman–Crippen LogP) is 6.17. The highest BCUT2D eigenvalue weighted by Gasteiger charge is 2.30. The molecule has 2 aromatic carbocycles. The minimum atomic E-state index is -4.43. The summed E-state index contributed by atoms with van der Waals surface area (Å²) in [5, 5.41) is 7.31. The van der Waals surface area contributed by atoms with Crippen LogP contribution in [0.25, 0.3) is 10.9 Å². The van der Waals surface area contributed by atoms with E-state index >= 15 is 0 Å². The standard InChI is InChI=1S/C27H26F3N3OS/c1-16(24-15-35-17(2)32-24)31-13-22-11-21-10-19-6-4-7-20(19)12-25(21)33(26(22)34)14-18-5-3-8-23(9-18)27(28,29)30/h3,5,8-12,15-16,31H,4,6-7,13-14H2,1-2H3/t16-/m1/s1. The fraction of sp³-hybridized carbons (Fsp3) is 0.333. The Morgan fingerprint density at radius 1 is 1.14 bits per heavy atom. The molecule has 182 valence electrons. The van der Waals surface area contributed by atoms with Gasteiger partial charge in [0.2, 0.25) is 0 Å². The molecule has 4 nitrogen and oxygen atoms in total. The molecule has 4 aromatic rings. The Hall–Kier alpha value is -2.97. The van der Waals surface area contributed by atoms with Gasteiger partial charge < -0.3 is 9.88 Å². The Morgan fingerprint density at radius 2 is 1.91 bits per heavy atom. The zero-order valence-electron chi connectivity index (χ0n) is 19.6. The van der Waals surface area contributed by atoms with E-state index < -0.39 is 11.7 Å². The van der Waals surface area contributed by atoms with Crippen LogP contribution in [-0.4, -0.2) is 9.55 Å². The molecule has 1 N–H and O–H groups in total. The van der Waals surface area contributed by atoms with Crippen LogP contribution in [-0.2, 0) is 32.1 Å². The van der Waals surface area contributed by atoms with E-state index in [1.165, 1.54) is 17.2 Å². The maximum atomic E-state index is 13.6. The summed E-state index contributed by atoms with van der Waals surface area (Å²) in [6.07, 6.45) is -1.40. The highest BCUT2D eigenvalue weighted by Crippen LogP contribution is 2.31. The lowest BCUT2D eigenvalue weighted by Gasteiger charge is -2.17. The number of nitrogens with one attached hydrogen (secondary N) is 1. The number of hydrogen-bond acceptors (Lipinski definition) is 4. The lowest BCUT2D eigenvalue weighted by molar-refractivity contribution is -0.137. The molecule has 0 fully saturated rings. The number of aryl methyl sites for hydroxylation is 3. The van der Waals surface area contributed by atoms with Crippen molar-refractivity contribution in [2.45, 2.75) is 58.4 Å². The lowest BCUT2D eigenvalue weighted by atomic mass is 10.0. The van der Waals surface area contributed by atoms with Crippen molar-refractivity contribution in [3.8, 4) is 0 Å². The summed E-state index contributed by atoms with van der Waals surface area (Å²) in [5.74, 6) is 0. The Labute approximate surface area is 205 Å². The molecule has 0 aliphatic heterocycles. The molecule has 8 heteroatoms. The van der Waals surface area contributed by atoms with E-state index in [1.54, 1.807) is 22.0 Å². The molecular formula is C27H26F3N3OS. The Bertz CT molecular complexity index is 1450. The fourth-order valence-electron chi connectivity index (χ4n) is 4.77. The van der Waals surface area contributed by atoms with Gasteiger partial charge in [0.25, 0.3) is 5.56 Å². The van der Waals surface area contributed by atoms with Crippen LogP contribution in [0.3, 0.4) is 0 Å². The van der Waals surface area contributed by atoms with Crippen molar-refractivity contribution in [3.63, 3.8) is 0 Å². The van der Waals surface area contributed by atoms with E-state index in [0.29, 0.717) is 17.7 Å². The third-order valence-electron chi connectivity index (χ3n) is 6.66. The smallest absolute Gasteiger partial charge is 0.305 e. The number of fused-ring (bicyclic) bond motifs is 2. The lowest BCUT2D eigenvalue weighted by Crippen LogP contribution is -2.29. The predicted molar refractivity (Wildman–Crippen MR) is 133 cm³/mol. The molecule has 35 heavy (non-hydrogen) atoms. The van der Waals surface area contributed by atoms with E-state index in [2.05, 4.69) is 16.4 Å². The zero-order chi connectivity index (χ0) is 24.7. The van der Waals surface area contributed by atoms with Crippen molar-refractivity contribution in [1.82, 2.24) is 14.9 Å². The summed E-state index contributed by atoms with van der Waals surface area (Å²) >= 11 is 1.58. The van der Waals surface area contributed by atoms with Crippen LogP contribution in [0, 0.1) is 6.92 Å². The van der Waals surface area contributed by atoms with Gasteiger partial charge in [-0.05, 0) is 85.5 Å². The van der Waals surface area contributed by atoms with E-state index in [9.17, 15) is 18.0 Å². The largest absolute Gasteiger partial charge is 0.416 e. The van der Waals surface area contributed by atoms with Crippen LogP contribution < -0.4 is 10.9 Å². The van der Waals surface area contributed by atoms with Crippen molar-refractivity contribution in [2.75, 3.05) is 0 Å². The van der Waals surface area contributed by atoms with Crippen molar-refractivity contribution in [3.05, 3.63) is 96.7 Å². The normalized spacial score (nSPS) is 14.4. The molecule has 1 aliphatic carbocycles. The first-order chi connectivity index (χ1) is 16.7. The number of rotatable bonds is 6. The highest BCUT2D eigenvalue weighted by molar-refractivity contribution is 7.09. The van der Waals surface area contributed by atoms with Crippen molar-refractivity contribution < 1.29 is 13.2 Å². The number of alkyl halides is 3. The quantitative estimate of drug-likeness (QED) is 0.346. The first-order valence-electron chi connectivity index (χ1n) is 11.7. The van der Waals surface area contributed by atoms with Crippen molar-refractivity contribution in [1.29, 1.82) is 0 Å². The minimum absolute atomic E-state index is 0.0352. The molecule has 2 aromatic heterocycles. The monoisotopic (exact) mass is 497 g/mol. The SMILES string of the molecule is Cc1nc([C@@H](C)NCc2cc3cc4c(cc3n(Cc3cccc(C(F)(F)F)c3)c2=O)CCC4)cs1. The number of pyridine rings is 1. The molecule has 1 aliphatic rings. The van der Waals surface area contributed by atoms with Crippen LogP contribution in [0.1, 0.15) is 57.9 Å². The Kier molecular flexibility index (Phi) is 6.27. The summed E-state index contributed by atoms with van der Waals surface area (Å²) in [7, 11) is 0. The van der Waals surface area contributed by atoms with Gasteiger partial charge in [-0.25, -0.2) is 4.98 Å². The number of thiazole rings is 1. The van der Waals surface area contributed by atoms with Crippen LogP contribution >= 0.6 is 11.3 Å². The maximum absolute atomic E-state index is 13.6. The molecule has 0 amide bonds. The molecule has 0 unspecified atom stereocenters. The average molecular weight is 498 g/mol. The Morgan fingerprint density at radius 3 is 2.63 bits per heavy atom. The molecule has 0 saturated heterocycles. The number of hydrogen-bond donors (Lipinski definition) is 1. The van der Waals surface area contributed by atoms with Crippen LogP contribution in [0.4, 0.5) is 13.2 Å². The van der Waals surface area contributed by atoms with Gasteiger partial charge in [-0.1, -0.05) is 12.1 Å². The fourth-order valence-corrected chi connectivity index (χ4v) is 5.48. The highest BCUT2D eigenvalue weighted by atomic mass is 32.1. The number of aromatic nitrogens is 2. The van der Waals surface area contributed by atoms with Gasteiger partial charge in [0.1, 0.15) is 0 Å². The zero-order valence-corrected chi connectivity index (χ0v) is 20.4. The summed E-state index contributed by atoms with van der Waals surface area (Å²) in [6, 6.07) is 11.3. The van der Waals surface area contributed by atoms with Gasteiger partial charge in [-0.2, -0.15) is 13.2 Å². The van der Waals surface area contributed by atoms with Crippen molar-refractivity contribution >= 4 is 22.2 Å². The van der Waals surface area contributed by atoms with Gasteiger partial charge in [0, 0.05) is 23.5 Å². The summed E-state index contributed by atoms with van der Waals surface area (Å²) in [6.45, 7) is 4.37. The van der Waals surface area contributed by atoms with Gasteiger partial charge in [-0.3, -0.25) is 4.79 Å². The van der Waals surface area contributed by atoms with Gasteiger partial charge in [0.05, 0.1) is 28.3 Å². The molecule has 0 bridgehead atoms. The third kappa shape index (κ3) is 4.90. The van der Waals surface area contributed by atoms with Gasteiger partial charge in [-0.15, -0.1) is 11.3 Å². The first kappa shape index (κ1) is 23.8. The number of halogens is 3. The molecule has 2 heterocycles. The number of benzene rings is 2. The molecule has 5 rings (SSSR count). The van der Waals surface area contributed by atoms with Crippen LogP contribution in [0.15, 0.2) is 52.6 Å². The van der Waals surface area contributed by atoms with E-state index in [-0.39, 0.29) is 18.1 Å². The summed E-state index contributed by atoms with van der Waals surface area (Å²) in [5.41, 5.74) is 4.32. The molecular weight excluding hydrogens is 471 g/mol. The van der Waals surface area contributed by atoms with Gasteiger partial charge >= 0.3 is 6.18 Å². The third-order valence-corrected chi connectivity index (χ3v) is 7.45. The summed E-state index contributed by atoms with van der Waals surface area (Å²) in [4.78, 5) is 18.1. The van der Waals surface area contributed by atoms with E-state index in [1.807, 2.05) is 31.4 Å². The first-order valence-corrected chi connectivity index (χ1v) is 12.6. The topological polar surface area (TPSA) is 46.9 Å². The van der Waals surface area contributed by atoms with Gasteiger partial charge in [0.15, 0.2) is 0 Å². The molecule has 0 spiro atoms. The second kappa shape index (κ2) is 9.24. The molecule has 0 radical (unpaired) electrons.